The molecule has 0 radical (unpaired) electrons. The first kappa shape index (κ1) is 15.9. The first-order chi connectivity index (χ1) is 9.49. The Balaban J connectivity index is 2.27. The molecule has 0 saturated heterocycles. The predicted molar refractivity (Wildman–Crippen MR) is 68.0 cm³/mol. The number of benzene rings is 1. The van der Waals surface area contributed by atoms with E-state index < -0.39 is 30.4 Å². The normalized spacial score (nSPS) is 11.7. The van der Waals surface area contributed by atoms with Crippen LogP contribution in [-0.2, 0) is 14.3 Å². The highest BCUT2D eigenvalue weighted by Gasteiger charge is 2.14. The molecule has 0 fully saturated rings. The maximum absolute atomic E-state index is 12.9. The van der Waals surface area contributed by atoms with Crippen LogP contribution in [0.1, 0.15) is 6.92 Å². The minimum absolute atomic E-state index is 0.0880. The van der Waals surface area contributed by atoms with Crippen LogP contribution in [0.3, 0.4) is 0 Å². The number of nitrogens with one attached hydrogen (secondary N) is 1. The van der Waals surface area contributed by atoms with E-state index in [1.165, 1.54) is 25.1 Å². The third kappa shape index (κ3) is 6.14. The van der Waals surface area contributed by atoms with Crippen molar-refractivity contribution in [1.82, 2.24) is 5.32 Å². The Hall–Kier alpha value is -2.15. The summed E-state index contributed by atoms with van der Waals surface area (Å²) in [5, 5.41) is 10.8. The number of carboxylic acids is 1. The van der Waals surface area contributed by atoms with Crippen molar-refractivity contribution in [2.45, 2.75) is 13.0 Å². The van der Waals surface area contributed by atoms with Gasteiger partial charge in [0, 0.05) is 12.6 Å². The van der Waals surface area contributed by atoms with Crippen LogP contribution in [0, 0.1) is 5.82 Å². The van der Waals surface area contributed by atoms with E-state index in [0.717, 1.165) is 0 Å². The van der Waals surface area contributed by atoms with Crippen molar-refractivity contribution in [2.24, 2.45) is 0 Å². The standard InChI is InChI=1S/C13H16FNO5/c1-9(20-11-4-2-3-10(14)7-11)13(18)15-5-6-19-8-12(16)17/h2-4,7,9H,5-6,8H2,1H3,(H,15,18)(H,16,17). The molecule has 1 aromatic carbocycles. The second kappa shape index (κ2) is 8.11. The largest absolute Gasteiger partial charge is 0.481 e. The van der Waals surface area contributed by atoms with E-state index in [2.05, 4.69) is 5.32 Å². The van der Waals surface area contributed by atoms with Gasteiger partial charge in [0.1, 0.15) is 18.2 Å². The fraction of sp³-hybridized carbons (Fsp3) is 0.385. The molecule has 1 rings (SSSR count). The van der Waals surface area contributed by atoms with E-state index in [1.807, 2.05) is 0 Å². The van der Waals surface area contributed by atoms with Gasteiger partial charge in [0.2, 0.25) is 0 Å². The topological polar surface area (TPSA) is 84.9 Å². The minimum Gasteiger partial charge on any atom is -0.481 e. The average molecular weight is 285 g/mol. The van der Waals surface area contributed by atoms with Gasteiger partial charge in [-0.3, -0.25) is 4.79 Å². The van der Waals surface area contributed by atoms with Gasteiger partial charge < -0.3 is 19.9 Å². The van der Waals surface area contributed by atoms with Crippen LogP contribution < -0.4 is 10.1 Å². The fourth-order valence-electron chi connectivity index (χ4n) is 1.35. The number of hydrogen-bond acceptors (Lipinski definition) is 4. The molecular formula is C13H16FNO5. The maximum Gasteiger partial charge on any atom is 0.329 e. The van der Waals surface area contributed by atoms with Crippen molar-refractivity contribution in [1.29, 1.82) is 0 Å². The molecule has 7 heteroatoms. The fourth-order valence-corrected chi connectivity index (χ4v) is 1.35. The van der Waals surface area contributed by atoms with Crippen molar-refractivity contribution in [2.75, 3.05) is 19.8 Å². The van der Waals surface area contributed by atoms with E-state index in [0.29, 0.717) is 0 Å². The van der Waals surface area contributed by atoms with Crippen LogP contribution >= 0.6 is 0 Å². The van der Waals surface area contributed by atoms with Gasteiger partial charge in [-0.15, -0.1) is 0 Å². The van der Waals surface area contributed by atoms with Gasteiger partial charge in [-0.2, -0.15) is 0 Å². The number of carbonyl (C=O) groups is 2. The third-order valence-corrected chi connectivity index (χ3v) is 2.25. The third-order valence-electron chi connectivity index (χ3n) is 2.25. The highest BCUT2D eigenvalue weighted by atomic mass is 19.1. The molecule has 0 aromatic heterocycles. The summed E-state index contributed by atoms with van der Waals surface area (Å²) >= 11 is 0. The predicted octanol–water partition coefficient (Wildman–Crippen LogP) is 0.810. The number of rotatable bonds is 8. The number of carboxylic acid groups (broad SMARTS) is 1. The molecule has 1 aromatic rings. The second-order valence-electron chi connectivity index (χ2n) is 3.95. The number of halogens is 1. The van der Waals surface area contributed by atoms with Crippen molar-refractivity contribution < 1.29 is 28.6 Å². The summed E-state index contributed by atoms with van der Waals surface area (Å²) in [5.74, 6) is -1.65. The summed E-state index contributed by atoms with van der Waals surface area (Å²) < 4.78 is 22.9. The summed E-state index contributed by atoms with van der Waals surface area (Å²) in [4.78, 5) is 21.8. The Bertz CT molecular complexity index is 466. The monoisotopic (exact) mass is 285 g/mol. The minimum atomic E-state index is -1.07. The van der Waals surface area contributed by atoms with E-state index in [1.54, 1.807) is 6.07 Å². The highest BCUT2D eigenvalue weighted by molar-refractivity contribution is 5.80. The van der Waals surface area contributed by atoms with Crippen LogP contribution in [0.4, 0.5) is 4.39 Å². The van der Waals surface area contributed by atoms with E-state index in [4.69, 9.17) is 14.6 Å². The molecule has 2 N–H and O–H groups in total. The van der Waals surface area contributed by atoms with Gasteiger partial charge in [0.05, 0.1) is 6.61 Å². The molecule has 6 nitrogen and oxygen atoms in total. The summed E-state index contributed by atoms with van der Waals surface area (Å²) in [5.41, 5.74) is 0. The molecule has 0 saturated carbocycles. The summed E-state index contributed by atoms with van der Waals surface area (Å²) in [7, 11) is 0. The lowest BCUT2D eigenvalue weighted by atomic mass is 10.3. The Morgan fingerprint density at radius 1 is 1.45 bits per heavy atom. The Kier molecular flexibility index (Phi) is 6.45. The number of ether oxygens (including phenoxy) is 2. The molecule has 0 aliphatic heterocycles. The van der Waals surface area contributed by atoms with Crippen molar-refractivity contribution in [3.8, 4) is 5.75 Å². The number of amides is 1. The molecule has 1 atom stereocenters. The van der Waals surface area contributed by atoms with Crippen LogP contribution in [-0.4, -0.2) is 42.8 Å². The van der Waals surface area contributed by atoms with Crippen molar-refractivity contribution in [3.05, 3.63) is 30.1 Å². The van der Waals surface area contributed by atoms with E-state index in [-0.39, 0.29) is 18.9 Å². The van der Waals surface area contributed by atoms with Crippen LogP contribution in [0.15, 0.2) is 24.3 Å². The number of hydrogen-bond donors (Lipinski definition) is 2. The molecular weight excluding hydrogens is 269 g/mol. The molecule has 0 aliphatic carbocycles. The number of aliphatic carboxylic acids is 1. The molecule has 1 unspecified atom stereocenters. The van der Waals surface area contributed by atoms with Gasteiger partial charge in [-0.25, -0.2) is 9.18 Å². The van der Waals surface area contributed by atoms with E-state index >= 15 is 0 Å². The zero-order valence-electron chi connectivity index (χ0n) is 11.0. The van der Waals surface area contributed by atoms with E-state index in [9.17, 15) is 14.0 Å². The molecule has 0 heterocycles. The number of carbonyl (C=O) groups excluding carboxylic acids is 1. The van der Waals surface area contributed by atoms with Gasteiger partial charge in [-0.05, 0) is 19.1 Å². The summed E-state index contributed by atoms with van der Waals surface area (Å²) in [6.45, 7) is 1.37. The highest BCUT2D eigenvalue weighted by Crippen LogP contribution is 2.13. The first-order valence-corrected chi connectivity index (χ1v) is 5.98. The second-order valence-corrected chi connectivity index (χ2v) is 3.95. The van der Waals surface area contributed by atoms with Gasteiger partial charge in [0.25, 0.3) is 5.91 Å². The molecule has 20 heavy (non-hydrogen) atoms. The quantitative estimate of drug-likeness (QED) is 0.690. The Morgan fingerprint density at radius 2 is 2.20 bits per heavy atom. The SMILES string of the molecule is CC(Oc1cccc(F)c1)C(=O)NCCOCC(=O)O. The lowest BCUT2D eigenvalue weighted by Gasteiger charge is -2.14. The molecule has 110 valence electrons. The molecule has 0 aliphatic rings. The lowest BCUT2D eigenvalue weighted by molar-refractivity contribution is -0.142. The zero-order chi connectivity index (χ0) is 15.0. The first-order valence-electron chi connectivity index (χ1n) is 5.98. The molecule has 0 bridgehead atoms. The average Bonchev–Trinajstić information content (AvgIpc) is 2.37. The van der Waals surface area contributed by atoms with Crippen molar-refractivity contribution >= 4 is 11.9 Å². The lowest BCUT2D eigenvalue weighted by Crippen LogP contribution is -2.38. The maximum atomic E-state index is 12.9. The molecule has 0 spiro atoms. The Morgan fingerprint density at radius 3 is 2.85 bits per heavy atom. The summed E-state index contributed by atoms with van der Waals surface area (Å²) in [6.07, 6.45) is -0.795. The van der Waals surface area contributed by atoms with Crippen molar-refractivity contribution in [3.63, 3.8) is 0 Å². The summed E-state index contributed by atoms with van der Waals surface area (Å²) in [6, 6.07) is 5.48. The smallest absolute Gasteiger partial charge is 0.329 e. The Labute approximate surface area is 115 Å². The molecule has 1 amide bonds. The zero-order valence-corrected chi connectivity index (χ0v) is 11.0. The van der Waals surface area contributed by atoms with Gasteiger partial charge in [0.15, 0.2) is 6.10 Å². The van der Waals surface area contributed by atoms with Crippen LogP contribution in [0.2, 0.25) is 0 Å². The van der Waals surface area contributed by atoms with Crippen LogP contribution in [0.25, 0.3) is 0 Å². The van der Waals surface area contributed by atoms with Gasteiger partial charge >= 0.3 is 5.97 Å². The van der Waals surface area contributed by atoms with Gasteiger partial charge in [-0.1, -0.05) is 6.07 Å². The van der Waals surface area contributed by atoms with Crippen LogP contribution in [0.5, 0.6) is 5.75 Å².